The molecular weight excluding hydrogens is 154 g/mol. The fraction of sp³-hybridized carbons (Fsp3) is 0.500. The standard InChI is InChI=1S/C8H11N3O/c1-8(2)6-3-9-4-10-7(6)11-5-12-8/h3-4H,5H2,1-2H3,(H,9,10,11). The van der Waals surface area contributed by atoms with E-state index >= 15 is 0 Å². The average Bonchev–Trinajstić information content (AvgIpc) is 2.04. The second-order valence-electron chi connectivity index (χ2n) is 3.26. The lowest BCUT2D eigenvalue weighted by atomic mass is 9.99. The van der Waals surface area contributed by atoms with Crippen LogP contribution in [-0.2, 0) is 10.3 Å². The molecule has 0 radical (unpaired) electrons. The van der Waals surface area contributed by atoms with Crippen LogP contribution in [0.3, 0.4) is 0 Å². The Labute approximate surface area is 71.0 Å². The van der Waals surface area contributed by atoms with Gasteiger partial charge in [0.05, 0.1) is 5.60 Å². The molecule has 0 saturated heterocycles. The summed E-state index contributed by atoms with van der Waals surface area (Å²) in [5, 5.41) is 3.04. The van der Waals surface area contributed by atoms with Gasteiger partial charge >= 0.3 is 0 Å². The summed E-state index contributed by atoms with van der Waals surface area (Å²) in [6.45, 7) is 4.53. The van der Waals surface area contributed by atoms with E-state index in [4.69, 9.17) is 4.74 Å². The maximum atomic E-state index is 5.50. The quantitative estimate of drug-likeness (QED) is 0.625. The van der Waals surface area contributed by atoms with Crippen LogP contribution < -0.4 is 5.32 Å². The van der Waals surface area contributed by atoms with Crippen molar-refractivity contribution in [3.05, 3.63) is 18.1 Å². The minimum absolute atomic E-state index is 0.276. The van der Waals surface area contributed by atoms with Gasteiger partial charge in [0.2, 0.25) is 0 Å². The zero-order valence-corrected chi connectivity index (χ0v) is 7.16. The average molecular weight is 165 g/mol. The summed E-state index contributed by atoms with van der Waals surface area (Å²) in [7, 11) is 0. The number of aromatic nitrogens is 2. The Balaban J connectivity index is 2.52. The second kappa shape index (κ2) is 2.42. The topological polar surface area (TPSA) is 47.0 Å². The third-order valence-corrected chi connectivity index (χ3v) is 2.03. The molecule has 0 saturated carbocycles. The molecule has 0 atom stereocenters. The number of nitrogens with zero attached hydrogens (tertiary/aromatic N) is 2. The van der Waals surface area contributed by atoms with Gasteiger partial charge in [-0.3, -0.25) is 0 Å². The summed E-state index contributed by atoms with van der Waals surface area (Å²) in [5.41, 5.74) is 0.734. The smallest absolute Gasteiger partial charge is 0.137 e. The first kappa shape index (κ1) is 7.49. The molecule has 1 aliphatic rings. The van der Waals surface area contributed by atoms with Gasteiger partial charge in [0.25, 0.3) is 0 Å². The van der Waals surface area contributed by atoms with Crippen LogP contribution in [0.2, 0.25) is 0 Å². The Morgan fingerprint density at radius 3 is 3.17 bits per heavy atom. The number of nitrogens with one attached hydrogen (secondary N) is 1. The lowest BCUT2D eigenvalue weighted by Crippen LogP contribution is -2.31. The first-order valence-corrected chi connectivity index (χ1v) is 3.88. The SMILES string of the molecule is CC1(C)OCNc2ncncc21. The number of fused-ring (bicyclic) bond motifs is 1. The molecule has 0 spiro atoms. The predicted molar refractivity (Wildman–Crippen MR) is 44.6 cm³/mol. The van der Waals surface area contributed by atoms with Crippen molar-refractivity contribution in [3.63, 3.8) is 0 Å². The maximum Gasteiger partial charge on any atom is 0.137 e. The Hall–Kier alpha value is -1.16. The Kier molecular flexibility index (Phi) is 1.51. The molecule has 1 aliphatic heterocycles. The highest BCUT2D eigenvalue weighted by Crippen LogP contribution is 2.31. The molecule has 1 N–H and O–H groups in total. The second-order valence-corrected chi connectivity index (χ2v) is 3.26. The van der Waals surface area contributed by atoms with Crippen molar-refractivity contribution in [2.75, 3.05) is 12.0 Å². The summed E-state index contributed by atoms with van der Waals surface area (Å²) in [6, 6.07) is 0. The normalized spacial score (nSPS) is 19.5. The van der Waals surface area contributed by atoms with Crippen molar-refractivity contribution < 1.29 is 4.74 Å². The van der Waals surface area contributed by atoms with Crippen LogP contribution in [0.25, 0.3) is 0 Å². The van der Waals surface area contributed by atoms with Gasteiger partial charge in [0, 0.05) is 11.8 Å². The van der Waals surface area contributed by atoms with Crippen LogP contribution in [0.4, 0.5) is 5.82 Å². The molecule has 0 bridgehead atoms. The molecule has 12 heavy (non-hydrogen) atoms. The predicted octanol–water partition coefficient (Wildman–Crippen LogP) is 1.11. The molecule has 2 heterocycles. The van der Waals surface area contributed by atoms with Crippen molar-refractivity contribution >= 4 is 5.82 Å². The summed E-state index contributed by atoms with van der Waals surface area (Å²) < 4.78 is 5.50. The number of anilines is 1. The van der Waals surface area contributed by atoms with Crippen LogP contribution in [0.15, 0.2) is 12.5 Å². The monoisotopic (exact) mass is 165 g/mol. The van der Waals surface area contributed by atoms with E-state index in [1.807, 2.05) is 13.8 Å². The highest BCUT2D eigenvalue weighted by atomic mass is 16.5. The number of hydrogen-bond donors (Lipinski definition) is 1. The number of rotatable bonds is 0. The van der Waals surface area contributed by atoms with Crippen LogP contribution in [-0.4, -0.2) is 16.7 Å². The van der Waals surface area contributed by atoms with Crippen molar-refractivity contribution in [2.45, 2.75) is 19.4 Å². The fourth-order valence-electron chi connectivity index (χ4n) is 1.27. The Morgan fingerprint density at radius 1 is 1.58 bits per heavy atom. The van der Waals surface area contributed by atoms with Crippen molar-refractivity contribution in [3.8, 4) is 0 Å². The van der Waals surface area contributed by atoms with Gasteiger partial charge < -0.3 is 10.1 Å². The van der Waals surface area contributed by atoms with Crippen molar-refractivity contribution in [2.24, 2.45) is 0 Å². The summed E-state index contributed by atoms with van der Waals surface area (Å²) in [5.74, 6) is 0.876. The van der Waals surface area contributed by atoms with Gasteiger partial charge in [-0.1, -0.05) is 0 Å². The van der Waals surface area contributed by atoms with E-state index in [1.54, 1.807) is 6.20 Å². The van der Waals surface area contributed by atoms with Gasteiger partial charge in [0.1, 0.15) is 18.9 Å². The minimum atomic E-state index is -0.276. The summed E-state index contributed by atoms with van der Waals surface area (Å²) >= 11 is 0. The third kappa shape index (κ3) is 1.04. The largest absolute Gasteiger partial charge is 0.351 e. The molecule has 0 fully saturated rings. The van der Waals surface area contributed by atoms with Crippen molar-refractivity contribution in [1.82, 2.24) is 9.97 Å². The van der Waals surface area contributed by atoms with E-state index in [1.165, 1.54) is 6.33 Å². The van der Waals surface area contributed by atoms with Gasteiger partial charge in [-0.15, -0.1) is 0 Å². The number of hydrogen-bond acceptors (Lipinski definition) is 4. The molecule has 0 aromatic carbocycles. The number of ether oxygens (including phenoxy) is 1. The zero-order chi connectivity index (χ0) is 8.60. The van der Waals surface area contributed by atoms with Crippen molar-refractivity contribution in [1.29, 1.82) is 0 Å². The Morgan fingerprint density at radius 2 is 2.42 bits per heavy atom. The molecule has 0 unspecified atom stereocenters. The summed E-state index contributed by atoms with van der Waals surface area (Å²) in [6.07, 6.45) is 3.32. The molecule has 4 nitrogen and oxygen atoms in total. The lowest BCUT2D eigenvalue weighted by molar-refractivity contribution is -0.0187. The third-order valence-electron chi connectivity index (χ3n) is 2.03. The molecule has 0 amide bonds. The van der Waals surface area contributed by atoms with Crippen LogP contribution >= 0.6 is 0 Å². The van der Waals surface area contributed by atoms with Gasteiger partial charge in [-0.05, 0) is 13.8 Å². The molecule has 64 valence electrons. The highest BCUT2D eigenvalue weighted by molar-refractivity contribution is 5.46. The van der Waals surface area contributed by atoms with Gasteiger partial charge in [0.15, 0.2) is 0 Å². The molecular formula is C8H11N3O. The molecule has 1 aromatic rings. The van der Waals surface area contributed by atoms with E-state index in [0.29, 0.717) is 6.73 Å². The first-order chi connectivity index (χ1) is 5.70. The molecule has 4 heteroatoms. The van der Waals surface area contributed by atoms with Gasteiger partial charge in [-0.2, -0.15) is 0 Å². The van der Waals surface area contributed by atoms with E-state index in [9.17, 15) is 0 Å². The molecule has 1 aromatic heterocycles. The fourth-order valence-corrected chi connectivity index (χ4v) is 1.27. The zero-order valence-electron chi connectivity index (χ0n) is 7.16. The molecule has 0 aliphatic carbocycles. The Bertz CT molecular complexity index is 298. The van der Waals surface area contributed by atoms with Crippen LogP contribution in [0.5, 0.6) is 0 Å². The maximum absolute atomic E-state index is 5.50. The van der Waals surface area contributed by atoms with Crippen LogP contribution in [0.1, 0.15) is 19.4 Å². The molecule has 2 rings (SSSR count). The highest BCUT2D eigenvalue weighted by Gasteiger charge is 2.28. The van der Waals surface area contributed by atoms with E-state index in [2.05, 4.69) is 15.3 Å². The summed E-state index contributed by atoms with van der Waals surface area (Å²) in [4.78, 5) is 8.08. The van der Waals surface area contributed by atoms with E-state index in [0.717, 1.165) is 11.4 Å². The van der Waals surface area contributed by atoms with Crippen LogP contribution in [0, 0.1) is 0 Å². The van der Waals surface area contributed by atoms with E-state index < -0.39 is 0 Å². The first-order valence-electron chi connectivity index (χ1n) is 3.88. The lowest BCUT2D eigenvalue weighted by Gasteiger charge is -2.31. The van der Waals surface area contributed by atoms with E-state index in [-0.39, 0.29) is 5.60 Å². The van der Waals surface area contributed by atoms with Gasteiger partial charge in [-0.25, -0.2) is 9.97 Å². The minimum Gasteiger partial charge on any atom is -0.351 e.